The van der Waals surface area contributed by atoms with Crippen molar-refractivity contribution in [2.24, 2.45) is 4.99 Å². The number of aliphatic imine (C=N–C) groups is 1. The molecule has 0 fully saturated rings. The maximum atomic E-state index is 11.4. The molecular formula is C17H31IN4O3S. The van der Waals surface area contributed by atoms with Crippen molar-refractivity contribution in [3.8, 4) is 5.75 Å². The normalized spacial score (nSPS) is 11.6. The minimum atomic E-state index is -3.12. The number of nitrogens with zero attached hydrogens (tertiary/aromatic N) is 2. The lowest BCUT2D eigenvalue weighted by Crippen LogP contribution is -2.39. The van der Waals surface area contributed by atoms with Gasteiger partial charge < -0.3 is 15.0 Å². The Morgan fingerprint density at radius 3 is 2.38 bits per heavy atom. The SMILES string of the molecule is CCOc1ccc(CN(C)C(=NC)NCCCNS(=O)(=O)CC)cc1.I. The fourth-order valence-electron chi connectivity index (χ4n) is 2.21. The fraction of sp³-hybridized carbons (Fsp3) is 0.588. The maximum absolute atomic E-state index is 11.4. The summed E-state index contributed by atoms with van der Waals surface area (Å²) in [5.41, 5.74) is 1.16. The average molecular weight is 498 g/mol. The van der Waals surface area contributed by atoms with Gasteiger partial charge in [0.05, 0.1) is 12.4 Å². The molecule has 0 heterocycles. The smallest absolute Gasteiger partial charge is 0.211 e. The van der Waals surface area contributed by atoms with E-state index in [-0.39, 0.29) is 29.7 Å². The lowest BCUT2D eigenvalue weighted by atomic mass is 10.2. The summed E-state index contributed by atoms with van der Waals surface area (Å²) in [5.74, 6) is 1.74. The number of guanidine groups is 1. The Morgan fingerprint density at radius 2 is 1.85 bits per heavy atom. The topological polar surface area (TPSA) is 83.0 Å². The van der Waals surface area contributed by atoms with Crippen molar-refractivity contribution in [2.45, 2.75) is 26.8 Å². The highest BCUT2D eigenvalue weighted by Gasteiger charge is 2.08. The molecule has 26 heavy (non-hydrogen) atoms. The molecule has 0 aliphatic rings. The van der Waals surface area contributed by atoms with E-state index in [1.807, 2.05) is 43.1 Å². The summed E-state index contributed by atoms with van der Waals surface area (Å²) in [5, 5.41) is 3.24. The first-order valence-electron chi connectivity index (χ1n) is 8.52. The molecule has 0 aliphatic carbocycles. The number of hydrogen-bond donors (Lipinski definition) is 2. The molecule has 9 heteroatoms. The average Bonchev–Trinajstić information content (AvgIpc) is 2.60. The third-order valence-corrected chi connectivity index (χ3v) is 4.97. The zero-order valence-corrected chi connectivity index (χ0v) is 19.1. The van der Waals surface area contributed by atoms with Crippen LogP contribution in [0.3, 0.4) is 0 Å². The van der Waals surface area contributed by atoms with Crippen molar-refractivity contribution in [3.63, 3.8) is 0 Å². The highest BCUT2D eigenvalue weighted by Crippen LogP contribution is 2.13. The summed E-state index contributed by atoms with van der Waals surface area (Å²) >= 11 is 0. The van der Waals surface area contributed by atoms with Crippen molar-refractivity contribution in [1.29, 1.82) is 0 Å². The van der Waals surface area contributed by atoms with E-state index in [4.69, 9.17) is 4.74 Å². The number of halogens is 1. The Hall–Kier alpha value is -1.07. The molecule has 0 spiro atoms. The molecule has 0 atom stereocenters. The van der Waals surface area contributed by atoms with E-state index in [1.54, 1.807) is 14.0 Å². The largest absolute Gasteiger partial charge is 0.494 e. The van der Waals surface area contributed by atoms with Crippen molar-refractivity contribution >= 4 is 40.0 Å². The Bertz CT molecular complexity index is 636. The number of sulfonamides is 1. The van der Waals surface area contributed by atoms with Crippen molar-refractivity contribution in [2.75, 3.05) is 39.5 Å². The second-order valence-corrected chi connectivity index (χ2v) is 7.65. The van der Waals surface area contributed by atoms with Crippen molar-refractivity contribution in [1.82, 2.24) is 14.9 Å². The number of hydrogen-bond acceptors (Lipinski definition) is 4. The minimum absolute atomic E-state index is 0. The number of ether oxygens (including phenoxy) is 1. The van der Waals surface area contributed by atoms with Crippen LogP contribution in [0.2, 0.25) is 0 Å². The molecule has 0 amide bonds. The van der Waals surface area contributed by atoms with Gasteiger partial charge in [0.25, 0.3) is 0 Å². The van der Waals surface area contributed by atoms with Crippen LogP contribution in [0, 0.1) is 0 Å². The second kappa shape index (κ2) is 13.2. The molecule has 0 aliphatic heterocycles. The van der Waals surface area contributed by atoms with Gasteiger partial charge in [0.1, 0.15) is 5.75 Å². The van der Waals surface area contributed by atoms with Crippen LogP contribution in [0.5, 0.6) is 5.75 Å². The summed E-state index contributed by atoms with van der Waals surface area (Å²) in [6.45, 7) is 6.02. The molecule has 1 rings (SSSR count). The van der Waals surface area contributed by atoms with E-state index in [2.05, 4.69) is 15.0 Å². The van der Waals surface area contributed by atoms with Crippen LogP contribution < -0.4 is 14.8 Å². The van der Waals surface area contributed by atoms with Gasteiger partial charge in [-0.25, -0.2) is 13.1 Å². The molecule has 0 unspecified atom stereocenters. The van der Waals surface area contributed by atoms with Crippen molar-refractivity contribution < 1.29 is 13.2 Å². The second-order valence-electron chi connectivity index (χ2n) is 5.56. The monoisotopic (exact) mass is 498 g/mol. The molecule has 1 aromatic rings. The molecule has 0 aromatic heterocycles. The van der Waals surface area contributed by atoms with Gasteiger partial charge in [-0.3, -0.25) is 4.99 Å². The van der Waals surface area contributed by atoms with Gasteiger partial charge >= 0.3 is 0 Å². The van der Waals surface area contributed by atoms with Crippen LogP contribution in [0.1, 0.15) is 25.8 Å². The predicted molar refractivity (Wildman–Crippen MR) is 118 cm³/mol. The van der Waals surface area contributed by atoms with Crippen LogP contribution in [0.15, 0.2) is 29.3 Å². The summed E-state index contributed by atoms with van der Waals surface area (Å²) in [4.78, 5) is 6.28. The highest BCUT2D eigenvalue weighted by atomic mass is 127. The lowest BCUT2D eigenvalue weighted by molar-refractivity contribution is 0.340. The van der Waals surface area contributed by atoms with Crippen LogP contribution in [-0.4, -0.2) is 58.8 Å². The highest BCUT2D eigenvalue weighted by molar-refractivity contribution is 14.0. The Balaban J connectivity index is 0.00000625. The number of benzene rings is 1. The standard InChI is InChI=1S/C17H30N4O3S.HI/c1-5-24-16-10-8-15(9-11-16)14-21(4)17(18-3)19-12-7-13-20-25(22,23)6-2;/h8-11,20H,5-7,12-14H2,1-4H3,(H,18,19);1H. The molecule has 2 N–H and O–H groups in total. The third-order valence-electron chi connectivity index (χ3n) is 3.57. The zero-order chi connectivity index (χ0) is 18.7. The Kier molecular flexibility index (Phi) is 12.6. The quantitative estimate of drug-likeness (QED) is 0.223. The third kappa shape index (κ3) is 9.58. The van der Waals surface area contributed by atoms with E-state index in [0.717, 1.165) is 17.3 Å². The van der Waals surface area contributed by atoms with Gasteiger partial charge in [0, 0.05) is 33.7 Å². The van der Waals surface area contributed by atoms with E-state index < -0.39 is 10.0 Å². The van der Waals surface area contributed by atoms with Gasteiger partial charge in [-0.05, 0) is 38.0 Å². The lowest BCUT2D eigenvalue weighted by Gasteiger charge is -2.22. The first kappa shape index (κ1) is 24.9. The molecule has 0 radical (unpaired) electrons. The maximum Gasteiger partial charge on any atom is 0.211 e. The molecule has 0 saturated heterocycles. The van der Waals surface area contributed by atoms with Gasteiger partial charge in [-0.1, -0.05) is 12.1 Å². The first-order valence-corrected chi connectivity index (χ1v) is 10.2. The Labute approximate surface area is 174 Å². The van der Waals surface area contributed by atoms with Gasteiger partial charge in [-0.15, -0.1) is 24.0 Å². The Morgan fingerprint density at radius 1 is 1.19 bits per heavy atom. The van der Waals surface area contributed by atoms with Gasteiger partial charge in [0.2, 0.25) is 10.0 Å². The van der Waals surface area contributed by atoms with E-state index >= 15 is 0 Å². The molecule has 0 saturated carbocycles. The molecule has 150 valence electrons. The minimum Gasteiger partial charge on any atom is -0.494 e. The summed E-state index contributed by atoms with van der Waals surface area (Å²) < 4.78 is 30.7. The summed E-state index contributed by atoms with van der Waals surface area (Å²) in [6.07, 6.45) is 0.690. The van der Waals surface area contributed by atoms with Gasteiger partial charge in [0.15, 0.2) is 5.96 Å². The van der Waals surface area contributed by atoms with E-state index in [9.17, 15) is 8.42 Å². The number of rotatable bonds is 10. The summed E-state index contributed by atoms with van der Waals surface area (Å²) in [6, 6.07) is 7.99. The van der Waals surface area contributed by atoms with Crippen LogP contribution in [0.25, 0.3) is 0 Å². The first-order chi connectivity index (χ1) is 11.9. The number of nitrogens with one attached hydrogen (secondary N) is 2. The van der Waals surface area contributed by atoms with E-state index in [1.165, 1.54) is 0 Å². The zero-order valence-electron chi connectivity index (χ0n) is 16.0. The van der Waals surface area contributed by atoms with Crippen molar-refractivity contribution in [3.05, 3.63) is 29.8 Å². The molecular weight excluding hydrogens is 467 g/mol. The predicted octanol–water partition coefficient (Wildman–Crippen LogP) is 2.04. The van der Waals surface area contributed by atoms with Gasteiger partial charge in [-0.2, -0.15) is 0 Å². The molecule has 7 nitrogen and oxygen atoms in total. The fourth-order valence-corrected chi connectivity index (χ4v) is 2.87. The molecule has 1 aromatic carbocycles. The van der Waals surface area contributed by atoms with Crippen LogP contribution in [-0.2, 0) is 16.6 Å². The van der Waals surface area contributed by atoms with E-state index in [0.29, 0.717) is 32.7 Å². The van der Waals surface area contributed by atoms with Crippen LogP contribution >= 0.6 is 24.0 Å². The molecule has 0 bridgehead atoms. The summed E-state index contributed by atoms with van der Waals surface area (Å²) in [7, 11) is 0.578. The van der Waals surface area contributed by atoms with Crippen LogP contribution in [0.4, 0.5) is 0 Å².